The minimum atomic E-state index is -0.856. The first-order chi connectivity index (χ1) is 8.52. The Bertz CT molecular complexity index is 194. The fraction of sp³-hybridized carbons (Fsp3) is 0.833. The molecule has 0 aromatic heterocycles. The topological polar surface area (TPSA) is 175 Å². The van der Waals surface area contributed by atoms with Gasteiger partial charge in [0, 0.05) is 0 Å². The van der Waals surface area contributed by atoms with Crippen molar-refractivity contribution in [3.63, 3.8) is 0 Å². The monoisotopic (exact) mass is 318 g/mol. The summed E-state index contributed by atoms with van der Waals surface area (Å²) in [6.45, 7) is 10.3. The molecule has 1 amide bonds. The number of hydrogen-bond acceptors (Lipinski definition) is 7. The number of amides is 1. The molecule has 1 rings (SSSR count). The van der Waals surface area contributed by atoms with E-state index in [2.05, 4.69) is 19.9 Å². The van der Waals surface area contributed by atoms with E-state index in [1.165, 1.54) is 6.92 Å². The van der Waals surface area contributed by atoms with Gasteiger partial charge in [-0.05, 0) is 6.92 Å². The van der Waals surface area contributed by atoms with Crippen LogP contribution in [0.15, 0.2) is 0 Å². The minimum Gasteiger partial charge on any atom is -0.447 e. The highest BCUT2D eigenvalue weighted by molar-refractivity contribution is 5.64. The Balaban J connectivity index is -0.0000000391. The van der Waals surface area contributed by atoms with Crippen molar-refractivity contribution in [3.05, 3.63) is 0 Å². The summed E-state index contributed by atoms with van der Waals surface area (Å²) in [4.78, 5) is 19.6. The number of nitrogens with two attached hydrogens (primary N) is 1. The van der Waals surface area contributed by atoms with E-state index in [1.54, 1.807) is 0 Å². The summed E-state index contributed by atoms with van der Waals surface area (Å²) < 4.78 is 12.8. The Morgan fingerprint density at radius 3 is 1.71 bits per heavy atom. The minimum absolute atomic E-state index is 0. The highest BCUT2D eigenvalue weighted by Crippen LogP contribution is 1.92. The van der Waals surface area contributed by atoms with Gasteiger partial charge in [0.15, 0.2) is 0 Å². The van der Waals surface area contributed by atoms with Gasteiger partial charge >= 0.3 is 12.2 Å². The van der Waals surface area contributed by atoms with Crippen LogP contribution in [0.1, 0.15) is 42.0 Å². The number of carbonyl (C=O) groups is 2. The molecule has 1 fully saturated rings. The summed E-state index contributed by atoms with van der Waals surface area (Å²) >= 11 is 0. The van der Waals surface area contributed by atoms with Gasteiger partial charge in [0.25, 0.3) is 0 Å². The third-order valence-electron chi connectivity index (χ3n) is 0.990. The molecule has 21 heavy (non-hydrogen) atoms. The summed E-state index contributed by atoms with van der Waals surface area (Å²) in [7, 11) is 0. The zero-order valence-corrected chi connectivity index (χ0v) is 13.0. The molecule has 0 radical (unpaired) electrons. The van der Waals surface area contributed by atoms with E-state index in [0.717, 1.165) is 0 Å². The number of primary amides is 1. The molecule has 1 saturated heterocycles. The Morgan fingerprint density at radius 2 is 1.62 bits per heavy atom. The van der Waals surface area contributed by atoms with Crippen molar-refractivity contribution in [2.24, 2.45) is 5.73 Å². The van der Waals surface area contributed by atoms with Crippen LogP contribution in [0.5, 0.6) is 0 Å². The lowest BCUT2D eigenvalue weighted by Gasteiger charge is -2.01. The summed E-state index contributed by atoms with van der Waals surface area (Å²) in [6.07, 6.45) is -2.04. The largest absolute Gasteiger partial charge is 0.508 e. The molecule has 1 unspecified atom stereocenters. The fourth-order valence-electron chi connectivity index (χ4n) is 0.494. The predicted octanol–water partition coefficient (Wildman–Crippen LogP) is 1.64. The number of aliphatic hydroxyl groups is 1. The summed E-state index contributed by atoms with van der Waals surface area (Å²) in [5.41, 5.74) is 4.57. The molecule has 1 heterocycles. The van der Waals surface area contributed by atoms with E-state index in [-0.39, 0.29) is 25.7 Å². The second-order valence-corrected chi connectivity index (χ2v) is 2.43. The van der Waals surface area contributed by atoms with Gasteiger partial charge in [0.2, 0.25) is 0 Å². The first-order valence-corrected chi connectivity index (χ1v) is 5.92. The van der Waals surface area contributed by atoms with Gasteiger partial charge in [0.05, 0.1) is 6.10 Å². The van der Waals surface area contributed by atoms with Crippen molar-refractivity contribution >= 4 is 12.2 Å². The van der Waals surface area contributed by atoms with Crippen LogP contribution in [0, 0.1) is 0 Å². The van der Waals surface area contributed by atoms with E-state index in [0.29, 0.717) is 13.2 Å². The van der Waals surface area contributed by atoms with Crippen LogP contribution >= 0.6 is 0 Å². The Morgan fingerprint density at radius 1 is 1.29 bits per heavy atom. The highest BCUT2D eigenvalue weighted by Gasteiger charge is 2.09. The average molecular weight is 318 g/mol. The van der Waals surface area contributed by atoms with Gasteiger partial charge in [-0.15, -0.1) is 0 Å². The van der Waals surface area contributed by atoms with Crippen LogP contribution in [0.4, 0.5) is 9.59 Å². The van der Waals surface area contributed by atoms with Crippen molar-refractivity contribution in [3.8, 4) is 0 Å². The maximum Gasteiger partial charge on any atom is 0.508 e. The smallest absolute Gasteiger partial charge is 0.447 e. The van der Waals surface area contributed by atoms with E-state index in [4.69, 9.17) is 5.11 Å². The number of cyclic esters (lactones) is 2. The molecule has 0 spiro atoms. The van der Waals surface area contributed by atoms with Crippen molar-refractivity contribution in [1.82, 2.24) is 6.15 Å². The van der Waals surface area contributed by atoms with Gasteiger partial charge in [0.1, 0.15) is 19.8 Å². The third kappa shape index (κ3) is 45.7. The predicted molar refractivity (Wildman–Crippen MR) is 82.6 cm³/mol. The van der Waals surface area contributed by atoms with Crippen molar-refractivity contribution in [2.75, 3.05) is 19.8 Å². The van der Waals surface area contributed by atoms with Gasteiger partial charge in [-0.25, -0.2) is 9.59 Å². The first-order valence-electron chi connectivity index (χ1n) is 5.92. The first kappa shape index (κ1) is 36.6. The highest BCUT2D eigenvalue weighted by atomic mass is 16.8. The normalized spacial score (nSPS) is 11.0. The van der Waals surface area contributed by atoms with Gasteiger partial charge < -0.3 is 36.7 Å². The van der Waals surface area contributed by atoms with Crippen LogP contribution in [-0.4, -0.2) is 48.8 Å². The van der Waals surface area contributed by atoms with Gasteiger partial charge in [-0.2, -0.15) is 0 Å². The molecule has 134 valence electrons. The Kier molecular flexibility index (Phi) is 54.1. The van der Waals surface area contributed by atoms with Crippen LogP contribution in [0.25, 0.3) is 0 Å². The number of aliphatic hydroxyl groups excluding tert-OH is 1. The molecule has 1 atom stereocenters. The number of carbonyl (C=O) groups excluding carboxylic acids is 2. The molecule has 1 aliphatic rings. The molecule has 8 N–H and O–H groups in total. The van der Waals surface area contributed by atoms with E-state index < -0.39 is 18.4 Å². The lowest BCUT2D eigenvalue weighted by molar-refractivity contribution is 0.0833. The fourth-order valence-corrected chi connectivity index (χ4v) is 0.494. The van der Waals surface area contributed by atoms with Gasteiger partial charge in [-0.3, -0.25) is 0 Å². The molecular weight excluding hydrogens is 284 g/mol. The third-order valence-corrected chi connectivity index (χ3v) is 0.990. The van der Waals surface area contributed by atoms with Gasteiger partial charge in [-0.1, -0.05) is 35.1 Å². The molecule has 0 aromatic carbocycles. The lowest BCUT2D eigenvalue weighted by Crippen LogP contribution is -2.19. The molecule has 0 saturated carbocycles. The zero-order valence-electron chi connectivity index (χ0n) is 13.0. The van der Waals surface area contributed by atoms with E-state index in [9.17, 15) is 9.59 Å². The summed E-state index contributed by atoms with van der Waals surface area (Å²) in [6, 6.07) is 0. The van der Waals surface area contributed by atoms with Crippen molar-refractivity contribution < 1.29 is 34.4 Å². The van der Waals surface area contributed by atoms with Crippen LogP contribution in [0.2, 0.25) is 0 Å². The summed E-state index contributed by atoms with van der Waals surface area (Å²) in [5.74, 6) is 0. The molecule has 9 nitrogen and oxygen atoms in total. The Labute approximate surface area is 127 Å². The molecule has 9 heteroatoms. The second kappa shape index (κ2) is 31.0. The van der Waals surface area contributed by atoms with E-state index in [1.807, 2.05) is 27.7 Å². The quantitative estimate of drug-likeness (QED) is 0.648. The molecule has 0 bridgehead atoms. The van der Waals surface area contributed by atoms with Crippen molar-refractivity contribution in [2.45, 2.75) is 48.1 Å². The zero-order chi connectivity index (χ0) is 15.0. The van der Waals surface area contributed by atoms with Crippen molar-refractivity contribution in [1.29, 1.82) is 0 Å². The molecule has 0 aliphatic carbocycles. The maximum absolute atomic E-state index is 9.80. The van der Waals surface area contributed by atoms with E-state index >= 15 is 0 Å². The average Bonchev–Trinajstić information content (AvgIpc) is 2.84. The Hall–Kier alpha value is -1.58. The standard InChI is InChI=1S/C4H9NO3.C3H4O3.2C2H6.CH4.H3N.H2O/c1-3(6)2-8-4(5)7;4-3-5-1-2-6-3;2*1-2;;;/h3,6H,2H2,1H3,(H2,5,7);1-2H2;2*1-2H3;1H4;1H3;1H2. The number of rotatable bonds is 2. The molecular formula is C12H34N2O7. The maximum atomic E-state index is 9.80. The number of ether oxygens (including phenoxy) is 3. The second-order valence-electron chi connectivity index (χ2n) is 2.43. The van der Waals surface area contributed by atoms with Crippen LogP contribution in [0.3, 0.4) is 0 Å². The van der Waals surface area contributed by atoms with Crippen LogP contribution in [-0.2, 0) is 14.2 Å². The lowest BCUT2D eigenvalue weighted by atomic mass is 10.5. The molecule has 1 aliphatic heterocycles. The SMILES string of the molecule is C.CC.CC.CC(O)COC(N)=O.N.O.O=C1OCCO1. The summed E-state index contributed by atoms with van der Waals surface area (Å²) in [5, 5.41) is 8.47. The van der Waals surface area contributed by atoms with Crippen LogP contribution < -0.4 is 11.9 Å². The number of hydrogen-bond donors (Lipinski definition) is 3. The molecule has 0 aromatic rings.